The molecule has 0 saturated carbocycles. The van der Waals surface area contributed by atoms with E-state index in [1.54, 1.807) is 24.3 Å². The van der Waals surface area contributed by atoms with Crippen LogP contribution in [0.15, 0.2) is 34.4 Å². The molecule has 0 aliphatic rings. The average Bonchev–Trinajstić information content (AvgIpc) is 2.30. The lowest BCUT2D eigenvalue weighted by Gasteiger charge is -2.04. The number of Topliss-reactive ketones (excluding diaryl/α,β-unsaturated/α-hetero) is 1. The molecule has 0 aliphatic heterocycles. The van der Waals surface area contributed by atoms with Gasteiger partial charge < -0.3 is 5.73 Å². The lowest BCUT2D eigenvalue weighted by molar-refractivity contribution is -0.112. The molecule has 0 heterocycles. The number of thioether (sulfide) groups is 1. The van der Waals surface area contributed by atoms with Gasteiger partial charge in [0.2, 0.25) is 0 Å². The van der Waals surface area contributed by atoms with Gasteiger partial charge in [0.1, 0.15) is 11.6 Å². The average molecular weight is 301 g/mol. The number of hydrogen-bond acceptors (Lipinski definition) is 4. The van der Waals surface area contributed by atoms with E-state index in [1.165, 1.54) is 18.7 Å². The van der Waals surface area contributed by atoms with E-state index in [4.69, 9.17) is 34.2 Å². The monoisotopic (exact) mass is 300 g/mol. The number of nitrogens with two attached hydrogens (primary N) is 1. The van der Waals surface area contributed by atoms with E-state index in [0.717, 1.165) is 0 Å². The molecule has 0 fully saturated rings. The Kier molecular flexibility index (Phi) is 5.54. The van der Waals surface area contributed by atoms with Gasteiger partial charge in [0.05, 0.1) is 10.8 Å². The summed E-state index contributed by atoms with van der Waals surface area (Å²) in [6, 6.07) is 6.80. The van der Waals surface area contributed by atoms with Gasteiger partial charge in [-0.05, 0) is 25.1 Å². The fourth-order valence-electron chi connectivity index (χ4n) is 1.17. The standard InChI is InChI=1S/C12H10Cl2N2OS/c1-7(16)9(5-15)11(17)6-18-12-4-8(13)2-3-10(12)14/h2-4H,6,16H2,1H3. The molecule has 0 unspecified atom stereocenters. The maximum absolute atomic E-state index is 11.7. The smallest absolute Gasteiger partial charge is 0.185 e. The number of nitriles is 1. The Balaban J connectivity index is 2.78. The van der Waals surface area contributed by atoms with E-state index in [1.807, 2.05) is 0 Å². The Morgan fingerprint density at radius 3 is 2.72 bits per heavy atom. The lowest BCUT2D eigenvalue weighted by Crippen LogP contribution is -2.10. The molecule has 1 aromatic carbocycles. The molecule has 18 heavy (non-hydrogen) atoms. The van der Waals surface area contributed by atoms with Crippen molar-refractivity contribution in [2.75, 3.05) is 5.75 Å². The molecule has 6 heteroatoms. The van der Waals surface area contributed by atoms with Crippen molar-refractivity contribution in [3.8, 4) is 6.07 Å². The Morgan fingerprint density at radius 2 is 2.17 bits per heavy atom. The van der Waals surface area contributed by atoms with Gasteiger partial charge in [-0.2, -0.15) is 5.26 Å². The van der Waals surface area contributed by atoms with Crippen LogP contribution in [0.1, 0.15) is 6.92 Å². The Hall–Kier alpha value is -1.15. The number of carbonyl (C=O) groups excluding carboxylic acids is 1. The number of hydrogen-bond donors (Lipinski definition) is 1. The van der Waals surface area contributed by atoms with Crippen molar-refractivity contribution in [1.29, 1.82) is 5.26 Å². The van der Waals surface area contributed by atoms with Crippen LogP contribution in [0, 0.1) is 11.3 Å². The Labute approximate surface area is 120 Å². The SMILES string of the molecule is CC(N)=C(C#N)C(=O)CSc1cc(Cl)ccc1Cl. The minimum atomic E-state index is -0.321. The van der Waals surface area contributed by atoms with E-state index < -0.39 is 0 Å². The fraction of sp³-hybridized carbons (Fsp3) is 0.167. The van der Waals surface area contributed by atoms with Gasteiger partial charge in [0.15, 0.2) is 5.78 Å². The van der Waals surface area contributed by atoms with Crippen LogP contribution in [-0.4, -0.2) is 11.5 Å². The van der Waals surface area contributed by atoms with Crippen LogP contribution < -0.4 is 5.73 Å². The summed E-state index contributed by atoms with van der Waals surface area (Å²) in [5.41, 5.74) is 5.66. The molecule has 0 amide bonds. The van der Waals surface area contributed by atoms with E-state index in [9.17, 15) is 4.79 Å². The minimum absolute atomic E-state index is 0.0133. The molecule has 0 spiro atoms. The molecular weight excluding hydrogens is 291 g/mol. The fourth-order valence-corrected chi connectivity index (χ4v) is 2.54. The predicted octanol–water partition coefficient (Wildman–Crippen LogP) is 3.41. The summed E-state index contributed by atoms with van der Waals surface area (Å²) in [4.78, 5) is 12.4. The van der Waals surface area contributed by atoms with Crippen molar-refractivity contribution in [2.24, 2.45) is 5.73 Å². The van der Waals surface area contributed by atoms with Crippen molar-refractivity contribution in [2.45, 2.75) is 11.8 Å². The largest absolute Gasteiger partial charge is 0.401 e. The number of halogens is 2. The molecule has 0 aromatic heterocycles. The zero-order chi connectivity index (χ0) is 13.7. The van der Waals surface area contributed by atoms with Gasteiger partial charge >= 0.3 is 0 Å². The molecule has 2 N–H and O–H groups in total. The molecule has 0 radical (unpaired) electrons. The minimum Gasteiger partial charge on any atom is -0.401 e. The van der Waals surface area contributed by atoms with Crippen LogP contribution in [0.2, 0.25) is 10.0 Å². The van der Waals surface area contributed by atoms with Gasteiger partial charge in [-0.15, -0.1) is 11.8 Å². The number of ketones is 1. The van der Waals surface area contributed by atoms with Crippen LogP contribution in [0.4, 0.5) is 0 Å². The van der Waals surface area contributed by atoms with E-state index in [2.05, 4.69) is 0 Å². The summed E-state index contributed by atoms with van der Waals surface area (Å²) in [5, 5.41) is 9.86. The van der Waals surface area contributed by atoms with Crippen LogP contribution in [0.25, 0.3) is 0 Å². The number of rotatable bonds is 4. The third kappa shape index (κ3) is 3.95. The highest BCUT2D eigenvalue weighted by Crippen LogP contribution is 2.30. The van der Waals surface area contributed by atoms with Gasteiger partial charge in [-0.25, -0.2) is 0 Å². The first kappa shape index (κ1) is 14.9. The highest BCUT2D eigenvalue weighted by Gasteiger charge is 2.13. The summed E-state index contributed by atoms with van der Waals surface area (Å²) in [7, 11) is 0. The second-order valence-corrected chi connectivity index (χ2v) is 5.32. The van der Waals surface area contributed by atoms with E-state index in [-0.39, 0.29) is 22.8 Å². The van der Waals surface area contributed by atoms with E-state index >= 15 is 0 Å². The molecule has 94 valence electrons. The molecule has 0 bridgehead atoms. The topological polar surface area (TPSA) is 66.9 Å². The summed E-state index contributed by atoms with van der Waals surface area (Å²) in [5.74, 6) is -0.226. The van der Waals surface area contributed by atoms with Gasteiger partial charge in [0, 0.05) is 15.6 Å². The zero-order valence-corrected chi connectivity index (χ0v) is 11.9. The highest BCUT2D eigenvalue weighted by atomic mass is 35.5. The summed E-state index contributed by atoms with van der Waals surface area (Å²) in [6.45, 7) is 1.52. The van der Waals surface area contributed by atoms with Gasteiger partial charge in [-0.1, -0.05) is 23.2 Å². The van der Waals surface area contributed by atoms with Crippen molar-refractivity contribution in [3.63, 3.8) is 0 Å². The molecule has 0 aliphatic carbocycles. The third-order valence-corrected chi connectivity index (χ3v) is 3.77. The van der Waals surface area contributed by atoms with Crippen LogP contribution >= 0.6 is 35.0 Å². The number of nitrogens with zero attached hydrogens (tertiary/aromatic N) is 1. The molecule has 3 nitrogen and oxygen atoms in total. The molecule has 1 aromatic rings. The normalized spacial score (nSPS) is 11.7. The molecule has 0 saturated heterocycles. The summed E-state index contributed by atoms with van der Waals surface area (Å²) in [6.07, 6.45) is 0. The van der Waals surface area contributed by atoms with Crippen molar-refractivity contribution in [3.05, 3.63) is 39.5 Å². The Bertz CT molecular complexity index is 545. The first-order valence-electron chi connectivity index (χ1n) is 4.93. The zero-order valence-electron chi connectivity index (χ0n) is 9.54. The predicted molar refractivity (Wildman–Crippen MR) is 74.7 cm³/mol. The third-order valence-electron chi connectivity index (χ3n) is 2.04. The molecular formula is C12H10Cl2N2OS. The lowest BCUT2D eigenvalue weighted by atomic mass is 10.2. The van der Waals surface area contributed by atoms with Crippen molar-refractivity contribution in [1.82, 2.24) is 0 Å². The van der Waals surface area contributed by atoms with Crippen molar-refractivity contribution < 1.29 is 4.79 Å². The van der Waals surface area contributed by atoms with Crippen molar-refractivity contribution >= 4 is 40.7 Å². The number of carbonyl (C=O) groups is 1. The van der Waals surface area contributed by atoms with Gasteiger partial charge in [-0.3, -0.25) is 4.79 Å². The maximum atomic E-state index is 11.7. The van der Waals surface area contributed by atoms with Crippen LogP contribution in [0.5, 0.6) is 0 Å². The van der Waals surface area contributed by atoms with Gasteiger partial charge in [0.25, 0.3) is 0 Å². The van der Waals surface area contributed by atoms with Crippen LogP contribution in [-0.2, 0) is 4.79 Å². The van der Waals surface area contributed by atoms with E-state index in [0.29, 0.717) is 14.9 Å². The first-order chi connectivity index (χ1) is 8.45. The first-order valence-corrected chi connectivity index (χ1v) is 6.67. The number of allylic oxidation sites excluding steroid dienone is 2. The summed E-state index contributed by atoms with van der Waals surface area (Å²) >= 11 is 13.0. The second-order valence-electron chi connectivity index (χ2n) is 3.46. The number of benzene rings is 1. The second kappa shape index (κ2) is 6.69. The molecule has 0 atom stereocenters. The maximum Gasteiger partial charge on any atom is 0.185 e. The Morgan fingerprint density at radius 1 is 1.50 bits per heavy atom. The molecule has 1 rings (SSSR count). The highest BCUT2D eigenvalue weighted by molar-refractivity contribution is 8.00. The quantitative estimate of drug-likeness (QED) is 0.526. The summed E-state index contributed by atoms with van der Waals surface area (Å²) < 4.78 is 0. The van der Waals surface area contributed by atoms with Crippen LogP contribution in [0.3, 0.4) is 0 Å².